The average Bonchev–Trinajstić information content (AvgIpc) is 2.94. The van der Waals surface area contributed by atoms with Gasteiger partial charge in [0.2, 0.25) is 0 Å². The highest BCUT2D eigenvalue weighted by molar-refractivity contribution is 5.94. The molecule has 22 heavy (non-hydrogen) atoms. The number of aliphatic carboxylic acids is 1. The van der Waals surface area contributed by atoms with Crippen LogP contribution in [0, 0.1) is 12.8 Å². The number of carbonyl (C=O) groups is 2. The highest BCUT2D eigenvalue weighted by Gasteiger charge is 2.28. The number of piperidine rings is 1. The number of H-pyrrole nitrogens is 1. The number of nitrogens with one attached hydrogen (secondary N) is 2. The number of aromatic nitrogens is 1. The Kier molecular flexibility index (Phi) is 3.75. The Balaban J connectivity index is 1.74. The van der Waals surface area contributed by atoms with E-state index in [0.29, 0.717) is 13.0 Å². The summed E-state index contributed by atoms with van der Waals surface area (Å²) in [6, 6.07) is 5.66. The number of hydrogen-bond acceptors (Lipinski definition) is 2. The van der Waals surface area contributed by atoms with Gasteiger partial charge in [-0.1, -0.05) is 0 Å². The van der Waals surface area contributed by atoms with Gasteiger partial charge < -0.3 is 20.3 Å². The molecule has 0 radical (unpaired) electrons. The molecular formula is C16H19N3O3. The smallest absolute Gasteiger partial charge is 0.321 e. The first-order valence-corrected chi connectivity index (χ1v) is 7.41. The second kappa shape index (κ2) is 5.71. The third-order valence-electron chi connectivity index (χ3n) is 4.20. The minimum atomic E-state index is -0.832. The van der Waals surface area contributed by atoms with E-state index in [-0.39, 0.29) is 12.6 Å². The number of aryl methyl sites for hydroxylation is 1. The fourth-order valence-electron chi connectivity index (χ4n) is 2.91. The van der Waals surface area contributed by atoms with Gasteiger partial charge in [0.05, 0.1) is 5.92 Å². The minimum Gasteiger partial charge on any atom is -0.481 e. The van der Waals surface area contributed by atoms with Crippen molar-refractivity contribution in [1.29, 1.82) is 0 Å². The summed E-state index contributed by atoms with van der Waals surface area (Å²) in [6.45, 7) is 2.81. The predicted molar refractivity (Wildman–Crippen MR) is 84.0 cm³/mol. The fraction of sp³-hybridized carbons (Fsp3) is 0.375. The van der Waals surface area contributed by atoms with Gasteiger partial charge in [-0.3, -0.25) is 4.79 Å². The highest BCUT2D eigenvalue weighted by atomic mass is 16.4. The van der Waals surface area contributed by atoms with Crippen LogP contribution in [0.2, 0.25) is 0 Å². The summed E-state index contributed by atoms with van der Waals surface area (Å²) in [5.74, 6) is -1.30. The molecular weight excluding hydrogens is 282 g/mol. The number of rotatable bonds is 2. The van der Waals surface area contributed by atoms with Crippen LogP contribution in [0.5, 0.6) is 0 Å². The number of likely N-dealkylation sites (tertiary alicyclic amines) is 1. The molecule has 3 N–H and O–H groups in total. The predicted octanol–water partition coefficient (Wildman–Crippen LogP) is 2.80. The molecule has 1 aromatic heterocycles. The van der Waals surface area contributed by atoms with Gasteiger partial charge in [0.1, 0.15) is 0 Å². The molecule has 1 unspecified atom stereocenters. The highest BCUT2D eigenvalue weighted by Crippen LogP contribution is 2.24. The summed E-state index contributed by atoms with van der Waals surface area (Å²) < 4.78 is 0. The number of anilines is 1. The zero-order valence-corrected chi connectivity index (χ0v) is 12.4. The van der Waals surface area contributed by atoms with Crippen molar-refractivity contribution in [2.75, 3.05) is 18.4 Å². The first-order valence-electron chi connectivity index (χ1n) is 7.41. The van der Waals surface area contributed by atoms with E-state index in [4.69, 9.17) is 5.11 Å². The van der Waals surface area contributed by atoms with Gasteiger partial charge in [0, 0.05) is 30.5 Å². The molecule has 1 atom stereocenters. The molecule has 3 rings (SSSR count). The quantitative estimate of drug-likeness (QED) is 0.797. The Hall–Kier alpha value is -2.50. The molecule has 0 saturated carbocycles. The summed E-state index contributed by atoms with van der Waals surface area (Å²) in [7, 11) is 0. The normalized spacial score (nSPS) is 18.4. The van der Waals surface area contributed by atoms with Crippen molar-refractivity contribution < 1.29 is 14.7 Å². The Morgan fingerprint density at radius 1 is 1.41 bits per heavy atom. The second-order valence-electron chi connectivity index (χ2n) is 5.79. The van der Waals surface area contributed by atoms with Gasteiger partial charge >= 0.3 is 12.0 Å². The number of carboxylic acids is 1. The van der Waals surface area contributed by atoms with Crippen molar-refractivity contribution in [3.8, 4) is 0 Å². The lowest BCUT2D eigenvalue weighted by molar-refractivity contribution is -0.143. The number of aromatic amines is 1. The number of fused-ring (bicyclic) bond motifs is 1. The molecule has 0 bridgehead atoms. The third kappa shape index (κ3) is 2.77. The van der Waals surface area contributed by atoms with Crippen molar-refractivity contribution in [3.63, 3.8) is 0 Å². The number of carboxylic acid groups (broad SMARTS) is 1. The van der Waals surface area contributed by atoms with E-state index in [2.05, 4.69) is 10.3 Å². The molecule has 1 aromatic carbocycles. The Bertz CT molecular complexity index is 722. The minimum absolute atomic E-state index is 0.236. The van der Waals surface area contributed by atoms with Crippen molar-refractivity contribution in [2.24, 2.45) is 5.92 Å². The number of amides is 2. The average molecular weight is 301 g/mol. The van der Waals surface area contributed by atoms with Crippen LogP contribution >= 0.6 is 0 Å². The number of carbonyl (C=O) groups excluding carboxylic acids is 1. The Labute approximate surface area is 128 Å². The monoisotopic (exact) mass is 301 g/mol. The van der Waals surface area contributed by atoms with E-state index in [1.807, 2.05) is 31.3 Å². The summed E-state index contributed by atoms with van der Waals surface area (Å²) in [5.41, 5.74) is 2.69. The van der Waals surface area contributed by atoms with Crippen molar-refractivity contribution in [1.82, 2.24) is 9.88 Å². The summed E-state index contributed by atoms with van der Waals surface area (Å²) >= 11 is 0. The lowest BCUT2D eigenvalue weighted by Gasteiger charge is -2.30. The van der Waals surface area contributed by atoms with Gasteiger partial charge in [0.15, 0.2) is 0 Å². The van der Waals surface area contributed by atoms with Crippen LogP contribution in [0.1, 0.15) is 18.4 Å². The van der Waals surface area contributed by atoms with E-state index in [9.17, 15) is 9.59 Å². The maximum atomic E-state index is 12.4. The zero-order chi connectivity index (χ0) is 15.7. The Morgan fingerprint density at radius 3 is 3.00 bits per heavy atom. The lowest BCUT2D eigenvalue weighted by atomic mass is 9.99. The molecule has 0 spiro atoms. The fourth-order valence-corrected chi connectivity index (χ4v) is 2.91. The summed E-state index contributed by atoms with van der Waals surface area (Å²) in [4.78, 5) is 28.2. The molecule has 116 valence electrons. The van der Waals surface area contributed by atoms with Gasteiger partial charge in [-0.05, 0) is 48.9 Å². The van der Waals surface area contributed by atoms with E-state index in [0.717, 1.165) is 28.6 Å². The summed E-state index contributed by atoms with van der Waals surface area (Å²) in [6.07, 6.45) is 3.21. The van der Waals surface area contributed by atoms with Crippen LogP contribution in [0.4, 0.5) is 10.5 Å². The number of benzene rings is 1. The SMILES string of the molecule is Cc1cc2cc[nH]c2cc1NC(=O)N1CCCC(C(=O)O)C1. The molecule has 1 fully saturated rings. The van der Waals surface area contributed by atoms with Crippen molar-refractivity contribution >= 4 is 28.6 Å². The van der Waals surface area contributed by atoms with Crippen LogP contribution in [-0.4, -0.2) is 40.1 Å². The molecule has 2 amide bonds. The van der Waals surface area contributed by atoms with Crippen LogP contribution < -0.4 is 5.32 Å². The molecule has 2 aromatic rings. The topological polar surface area (TPSA) is 85.4 Å². The van der Waals surface area contributed by atoms with Crippen LogP contribution in [-0.2, 0) is 4.79 Å². The van der Waals surface area contributed by atoms with Gasteiger partial charge in [-0.2, -0.15) is 0 Å². The molecule has 2 heterocycles. The van der Waals surface area contributed by atoms with Gasteiger partial charge in [-0.25, -0.2) is 4.79 Å². The number of hydrogen-bond donors (Lipinski definition) is 3. The third-order valence-corrected chi connectivity index (χ3v) is 4.20. The van der Waals surface area contributed by atoms with E-state index < -0.39 is 11.9 Å². The zero-order valence-electron chi connectivity index (χ0n) is 12.4. The second-order valence-corrected chi connectivity index (χ2v) is 5.79. The van der Waals surface area contributed by atoms with Gasteiger partial charge in [0.25, 0.3) is 0 Å². The molecule has 1 aliphatic rings. The Morgan fingerprint density at radius 2 is 2.23 bits per heavy atom. The van der Waals surface area contributed by atoms with Crippen molar-refractivity contribution in [2.45, 2.75) is 19.8 Å². The van der Waals surface area contributed by atoms with Gasteiger partial charge in [-0.15, -0.1) is 0 Å². The van der Waals surface area contributed by atoms with E-state index in [1.54, 1.807) is 4.90 Å². The standard InChI is InChI=1S/C16H19N3O3/c1-10-7-11-4-5-17-14(11)8-13(10)18-16(22)19-6-2-3-12(9-19)15(20)21/h4-5,7-8,12,17H,2-3,6,9H2,1H3,(H,18,22)(H,20,21). The largest absolute Gasteiger partial charge is 0.481 e. The maximum absolute atomic E-state index is 12.4. The molecule has 1 saturated heterocycles. The molecule has 6 heteroatoms. The first-order chi connectivity index (χ1) is 10.5. The van der Waals surface area contributed by atoms with Crippen molar-refractivity contribution in [3.05, 3.63) is 30.0 Å². The van der Waals surface area contributed by atoms with E-state index in [1.165, 1.54) is 0 Å². The van der Waals surface area contributed by atoms with E-state index >= 15 is 0 Å². The first kappa shape index (κ1) is 14.4. The molecule has 6 nitrogen and oxygen atoms in total. The molecule has 1 aliphatic heterocycles. The van der Waals surface area contributed by atoms with Crippen LogP contribution in [0.3, 0.4) is 0 Å². The van der Waals surface area contributed by atoms with Crippen LogP contribution in [0.15, 0.2) is 24.4 Å². The van der Waals surface area contributed by atoms with Crippen LogP contribution in [0.25, 0.3) is 10.9 Å². The lowest BCUT2D eigenvalue weighted by Crippen LogP contribution is -2.44. The summed E-state index contributed by atoms with van der Waals surface area (Å²) in [5, 5.41) is 13.1. The maximum Gasteiger partial charge on any atom is 0.321 e. The molecule has 0 aliphatic carbocycles. The number of urea groups is 1. The number of nitrogens with zero attached hydrogens (tertiary/aromatic N) is 1.